The van der Waals surface area contributed by atoms with Gasteiger partial charge >= 0.3 is 5.97 Å². The molecule has 6 fully saturated rings. The Balaban J connectivity index is 1.15. The van der Waals surface area contributed by atoms with Gasteiger partial charge in [0.05, 0.1) is 37.4 Å². The van der Waals surface area contributed by atoms with Crippen LogP contribution in [-0.2, 0) is 28.5 Å². The predicted octanol–water partition coefficient (Wildman–Crippen LogP) is 2.58. The number of hydrogen-bond acceptors (Lipinski definition) is 13. The zero-order valence-electron chi connectivity index (χ0n) is 34.0. The van der Waals surface area contributed by atoms with E-state index in [1.54, 1.807) is 0 Å². The third-order valence-electron chi connectivity index (χ3n) is 17.5. The zero-order valence-corrected chi connectivity index (χ0v) is 34.0. The van der Waals surface area contributed by atoms with Crippen LogP contribution in [0.2, 0.25) is 0 Å². The minimum atomic E-state index is -1.70. The van der Waals surface area contributed by atoms with Crippen LogP contribution in [0.1, 0.15) is 106 Å². The van der Waals surface area contributed by atoms with Gasteiger partial charge in [0.25, 0.3) is 0 Å². The SMILES string of the molecule is COC(=O)[C@]12CC[C@@H](C)[C@@](C)(O)[C@@H]1C1=CC[C@@H]3[C@@]4(C)CC[C@H](O[C@@H]5OC[C@H](O)[C@H](O)[C@H]5O[C@@H]5O[C@H](CO)[C@@H](O)[C@H](O)[C@H]5O)C(C)(C)[C@H]4CC[C@@]3(C)[C@]1(C)CC2. The Morgan fingerprint density at radius 3 is 2.22 bits per heavy atom. The summed E-state index contributed by atoms with van der Waals surface area (Å²) in [6.45, 7) is 15.0. The first kappa shape index (κ1) is 41.9. The molecule has 0 spiro atoms. The van der Waals surface area contributed by atoms with Crippen LogP contribution in [-0.4, -0.2) is 129 Å². The highest BCUT2D eigenvalue weighted by atomic mass is 16.8. The Morgan fingerprint density at radius 2 is 1.55 bits per heavy atom. The van der Waals surface area contributed by atoms with Crippen LogP contribution < -0.4 is 0 Å². The third kappa shape index (κ3) is 5.98. The Labute approximate surface area is 325 Å². The Bertz CT molecular complexity index is 1480. The van der Waals surface area contributed by atoms with Crippen molar-refractivity contribution < 1.29 is 64.2 Å². The van der Waals surface area contributed by atoms with Gasteiger partial charge in [-0.25, -0.2) is 0 Å². The van der Waals surface area contributed by atoms with Crippen LogP contribution in [0.4, 0.5) is 0 Å². The quantitative estimate of drug-likeness (QED) is 0.118. The van der Waals surface area contributed by atoms with Crippen LogP contribution in [0.15, 0.2) is 11.6 Å². The zero-order chi connectivity index (χ0) is 40.3. The highest BCUT2D eigenvalue weighted by molar-refractivity contribution is 5.79. The van der Waals surface area contributed by atoms with Crippen LogP contribution in [0, 0.1) is 50.7 Å². The lowest BCUT2D eigenvalue weighted by atomic mass is 9.33. The molecule has 0 aromatic heterocycles. The van der Waals surface area contributed by atoms with Crippen LogP contribution in [0.3, 0.4) is 0 Å². The van der Waals surface area contributed by atoms with Crippen molar-refractivity contribution in [2.24, 2.45) is 50.7 Å². The molecule has 4 saturated carbocycles. The summed E-state index contributed by atoms with van der Waals surface area (Å²) in [6.07, 6.45) is -3.41. The molecule has 7 N–H and O–H groups in total. The summed E-state index contributed by atoms with van der Waals surface area (Å²) in [4.78, 5) is 13.7. The van der Waals surface area contributed by atoms with E-state index in [9.17, 15) is 40.5 Å². The first-order valence-corrected chi connectivity index (χ1v) is 20.8. The molecule has 5 aliphatic carbocycles. The van der Waals surface area contributed by atoms with Gasteiger partial charge in [-0.2, -0.15) is 0 Å². The predicted molar refractivity (Wildman–Crippen MR) is 198 cm³/mol. The maximum absolute atomic E-state index is 13.7. The lowest BCUT2D eigenvalue weighted by Crippen LogP contribution is -2.68. The Kier molecular flexibility index (Phi) is 10.8. The maximum Gasteiger partial charge on any atom is 0.312 e. The molecule has 0 unspecified atom stereocenters. The van der Waals surface area contributed by atoms with E-state index in [1.807, 2.05) is 6.92 Å². The number of aliphatic hydroxyl groups excluding tert-OH is 6. The maximum atomic E-state index is 13.7. The molecule has 0 radical (unpaired) electrons. The number of fused-ring (bicyclic) bond motifs is 7. The van der Waals surface area contributed by atoms with Crippen LogP contribution in [0.5, 0.6) is 0 Å². The summed E-state index contributed by atoms with van der Waals surface area (Å²) in [5, 5.41) is 75.0. The minimum absolute atomic E-state index is 0.0492. The molecule has 19 atom stereocenters. The second kappa shape index (κ2) is 14.2. The first-order chi connectivity index (χ1) is 25.7. The number of hydrogen-bond donors (Lipinski definition) is 7. The lowest BCUT2D eigenvalue weighted by Gasteiger charge is -2.72. The molecule has 0 aromatic carbocycles. The molecule has 13 nitrogen and oxygen atoms in total. The topological polar surface area (TPSA) is 205 Å². The minimum Gasteiger partial charge on any atom is -0.469 e. The van der Waals surface area contributed by atoms with E-state index in [4.69, 9.17) is 23.7 Å². The second-order valence-corrected chi connectivity index (χ2v) is 20.1. The van der Waals surface area contributed by atoms with Crippen molar-refractivity contribution in [2.75, 3.05) is 20.3 Å². The second-order valence-electron chi connectivity index (χ2n) is 20.1. The molecule has 13 heteroatoms. The number of aliphatic hydroxyl groups is 7. The fraction of sp³-hybridized carbons (Fsp3) is 0.929. The molecule has 0 aromatic rings. The molecule has 7 aliphatic rings. The first-order valence-electron chi connectivity index (χ1n) is 20.8. The van der Waals surface area contributed by atoms with Gasteiger partial charge in [0.15, 0.2) is 12.6 Å². The number of carbonyl (C=O) groups excluding carboxylic acids is 1. The normalized spacial score (nSPS) is 54.9. The van der Waals surface area contributed by atoms with Crippen molar-refractivity contribution in [3.63, 3.8) is 0 Å². The molecule has 2 saturated heterocycles. The van der Waals surface area contributed by atoms with Gasteiger partial charge in [-0.15, -0.1) is 0 Å². The molecule has 314 valence electrons. The lowest BCUT2D eigenvalue weighted by molar-refractivity contribution is -0.367. The van der Waals surface area contributed by atoms with E-state index in [0.717, 1.165) is 44.9 Å². The molecule has 0 amide bonds. The molecule has 2 heterocycles. The van der Waals surface area contributed by atoms with Crippen LogP contribution in [0.25, 0.3) is 0 Å². The van der Waals surface area contributed by atoms with Crippen molar-refractivity contribution in [3.05, 3.63) is 11.6 Å². The smallest absolute Gasteiger partial charge is 0.312 e. The van der Waals surface area contributed by atoms with Gasteiger partial charge in [0.2, 0.25) is 0 Å². The average Bonchev–Trinajstić information content (AvgIpc) is 3.13. The largest absolute Gasteiger partial charge is 0.469 e. The van der Waals surface area contributed by atoms with Gasteiger partial charge in [-0.05, 0) is 104 Å². The van der Waals surface area contributed by atoms with E-state index >= 15 is 0 Å². The standard InChI is InChI=1S/C42H68O13/c1-21-11-16-42(36(49)51-8)18-17-39(5)22(33(42)41(21,7)50)9-10-26-38(4)14-13-27(37(2,3)25(38)12-15-40(26,39)6)54-35-32(28(45)23(44)20-52-35)55-34-31(48)30(47)29(46)24(19-43)53-34/h9,21,23-35,43-48,50H,10-20H2,1-8H3/t21-,23+,24-,25-,26-,27+,28+,29-,30+,31-,32-,33+,34+,35+,38+,39-,40-,41-,42+/m1/s1. The van der Waals surface area contributed by atoms with Gasteiger partial charge < -0.3 is 59.4 Å². The number of ether oxygens (including phenoxy) is 5. The third-order valence-corrected chi connectivity index (χ3v) is 17.5. The van der Waals surface area contributed by atoms with Crippen molar-refractivity contribution in [1.29, 1.82) is 0 Å². The van der Waals surface area contributed by atoms with Gasteiger partial charge in [0, 0.05) is 5.92 Å². The summed E-state index contributed by atoms with van der Waals surface area (Å²) in [5.41, 5.74) is -1.24. The summed E-state index contributed by atoms with van der Waals surface area (Å²) in [7, 11) is 1.48. The van der Waals surface area contributed by atoms with Crippen molar-refractivity contribution in [3.8, 4) is 0 Å². The number of allylic oxidation sites excluding steroid dienone is 1. The van der Waals surface area contributed by atoms with E-state index < -0.39 is 72.9 Å². The average molecular weight is 781 g/mol. The number of esters is 1. The highest BCUT2D eigenvalue weighted by Crippen LogP contribution is 2.76. The fourth-order valence-corrected chi connectivity index (χ4v) is 13.8. The van der Waals surface area contributed by atoms with Crippen LogP contribution >= 0.6 is 0 Å². The van der Waals surface area contributed by atoms with Crippen molar-refractivity contribution in [1.82, 2.24) is 0 Å². The van der Waals surface area contributed by atoms with E-state index in [0.29, 0.717) is 18.8 Å². The number of carbonyl (C=O) groups is 1. The van der Waals surface area contributed by atoms with E-state index in [1.165, 1.54) is 12.7 Å². The molecule has 2 aliphatic heterocycles. The van der Waals surface area contributed by atoms with Crippen molar-refractivity contribution >= 4 is 5.97 Å². The molecular weight excluding hydrogens is 712 g/mol. The summed E-state index contributed by atoms with van der Waals surface area (Å²) in [5.74, 6) is 0.152. The summed E-state index contributed by atoms with van der Waals surface area (Å²) < 4.78 is 29.8. The van der Waals surface area contributed by atoms with Gasteiger partial charge in [-0.1, -0.05) is 53.2 Å². The van der Waals surface area contributed by atoms with Gasteiger partial charge in [0.1, 0.15) is 42.7 Å². The molecular formula is C42H68O13. The highest BCUT2D eigenvalue weighted by Gasteiger charge is 2.71. The number of methoxy groups -OCH3 is 1. The Morgan fingerprint density at radius 1 is 0.836 bits per heavy atom. The monoisotopic (exact) mass is 780 g/mol. The fourth-order valence-electron chi connectivity index (χ4n) is 13.8. The molecule has 7 rings (SSSR count). The molecule has 0 bridgehead atoms. The Hall–Kier alpha value is -1.23. The summed E-state index contributed by atoms with van der Waals surface area (Å²) >= 11 is 0. The van der Waals surface area contributed by atoms with Crippen molar-refractivity contribution in [2.45, 2.75) is 173 Å². The van der Waals surface area contributed by atoms with E-state index in [2.05, 4.69) is 47.6 Å². The molecule has 55 heavy (non-hydrogen) atoms. The van der Waals surface area contributed by atoms with Gasteiger partial charge in [-0.3, -0.25) is 4.79 Å². The number of rotatable bonds is 6. The van der Waals surface area contributed by atoms with E-state index in [-0.39, 0.29) is 58.1 Å². The summed E-state index contributed by atoms with van der Waals surface area (Å²) in [6, 6.07) is 0.